The van der Waals surface area contributed by atoms with E-state index in [1.54, 1.807) is 0 Å². The molecule has 0 saturated heterocycles. The Morgan fingerprint density at radius 2 is 2.07 bits per heavy atom. The summed E-state index contributed by atoms with van der Waals surface area (Å²) in [5.74, 6) is 0.0783. The van der Waals surface area contributed by atoms with Gasteiger partial charge in [0.2, 0.25) is 5.91 Å². The molecule has 0 spiro atoms. The van der Waals surface area contributed by atoms with Crippen LogP contribution in [0.25, 0.3) is 0 Å². The minimum Gasteiger partial charge on any atom is -0.388 e. The van der Waals surface area contributed by atoms with E-state index in [9.17, 15) is 4.79 Å². The van der Waals surface area contributed by atoms with Gasteiger partial charge in [-0.1, -0.05) is 12.2 Å². The molecule has 0 aromatic carbocycles. The Balaban J connectivity index is 2.67. The average molecular weight is 225 g/mol. The van der Waals surface area contributed by atoms with Gasteiger partial charge in [0.05, 0.1) is 0 Å². The molecule has 0 saturated carbocycles. The Morgan fingerprint density at radius 1 is 1.40 bits per heavy atom. The van der Waals surface area contributed by atoms with Crippen LogP contribution in [-0.4, -0.2) is 27.4 Å². The fourth-order valence-corrected chi connectivity index (χ4v) is 1.10. The number of thiocarbonyl (C=S) groups is 1. The van der Waals surface area contributed by atoms with Crippen molar-refractivity contribution in [2.24, 2.45) is 11.5 Å². The molecule has 0 atom stereocenters. The number of anilines is 1. The number of amides is 1. The highest BCUT2D eigenvalue weighted by Gasteiger charge is 2.06. The van der Waals surface area contributed by atoms with E-state index in [2.05, 4.69) is 15.3 Å². The molecule has 0 radical (unpaired) electrons. The van der Waals surface area contributed by atoms with Crippen LogP contribution in [0.4, 0.5) is 5.82 Å². The zero-order valence-corrected chi connectivity index (χ0v) is 8.75. The number of hydrogen-bond donors (Lipinski definition) is 3. The summed E-state index contributed by atoms with van der Waals surface area (Å²) in [6.45, 7) is 0.379. The van der Waals surface area contributed by atoms with Gasteiger partial charge in [0.1, 0.15) is 10.7 Å². The molecule has 0 aliphatic heterocycles. The second-order valence-corrected chi connectivity index (χ2v) is 3.20. The minimum absolute atomic E-state index is 0.157. The predicted molar refractivity (Wildman–Crippen MR) is 60.2 cm³/mol. The second-order valence-electron chi connectivity index (χ2n) is 2.76. The topological polar surface area (TPSA) is 107 Å². The van der Waals surface area contributed by atoms with Gasteiger partial charge in [0.15, 0.2) is 5.82 Å². The number of hydrogen-bond acceptors (Lipinski definition) is 5. The van der Waals surface area contributed by atoms with Crippen LogP contribution >= 0.6 is 12.2 Å². The van der Waals surface area contributed by atoms with Crippen molar-refractivity contribution in [1.82, 2.24) is 9.97 Å². The summed E-state index contributed by atoms with van der Waals surface area (Å²) in [5.41, 5.74) is 10.8. The SMILES string of the molecule is NC(=O)CCNc1nccnc1C(N)=S. The Kier molecular flexibility index (Phi) is 3.92. The van der Waals surface area contributed by atoms with E-state index >= 15 is 0 Å². The van der Waals surface area contributed by atoms with Crippen LogP contribution in [0.2, 0.25) is 0 Å². The highest BCUT2D eigenvalue weighted by molar-refractivity contribution is 7.80. The number of carbonyl (C=O) groups excluding carboxylic acids is 1. The molecule has 7 heteroatoms. The molecule has 0 fully saturated rings. The lowest BCUT2D eigenvalue weighted by Gasteiger charge is -2.07. The molecule has 0 aliphatic carbocycles. The van der Waals surface area contributed by atoms with E-state index in [0.717, 1.165) is 0 Å². The second kappa shape index (κ2) is 5.20. The van der Waals surface area contributed by atoms with Crippen LogP contribution < -0.4 is 16.8 Å². The Morgan fingerprint density at radius 3 is 2.67 bits per heavy atom. The number of primary amides is 1. The number of nitrogens with one attached hydrogen (secondary N) is 1. The highest BCUT2D eigenvalue weighted by atomic mass is 32.1. The lowest BCUT2D eigenvalue weighted by atomic mass is 10.3. The standard InChI is InChI=1S/C8H11N5OS/c9-5(14)1-2-12-8-6(7(10)15)11-3-4-13-8/h3-4H,1-2H2,(H2,9,14)(H2,10,15)(H,12,13). The van der Waals surface area contributed by atoms with Crippen molar-refractivity contribution >= 4 is 28.9 Å². The van der Waals surface area contributed by atoms with Crippen molar-refractivity contribution < 1.29 is 4.79 Å². The summed E-state index contributed by atoms with van der Waals surface area (Å²) in [6, 6.07) is 0. The van der Waals surface area contributed by atoms with E-state index in [0.29, 0.717) is 18.1 Å². The monoisotopic (exact) mass is 225 g/mol. The summed E-state index contributed by atoms with van der Waals surface area (Å²) in [5, 5.41) is 2.88. The molecule has 1 aromatic rings. The van der Waals surface area contributed by atoms with Crippen molar-refractivity contribution in [3.8, 4) is 0 Å². The van der Waals surface area contributed by atoms with E-state index in [-0.39, 0.29) is 17.3 Å². The smallest absolute Gasteiger partial charge is 0.219 e. The molecule has 0 aliphatic rings. The third kappa shape index (κ3) is 3.47. The van der Waals surface area contributed by atoms with Gasteiger partial charge >= 0.3 is 0 Å². The minimum atomic E-state index is -0.386. The molecule has 0 unspecified atom stereocenters. The maximum absolute atomic E-state index is 10.5. The van der Waals surface area contributed by atoms with Gasteiger partial charge in [0, 0.05) is 25.4 Å². The largest absolute Gasteiger partial charge is 0.388 e. The van der Waals surface area contributed by atoms with Gasteiger partial charge in [-0.05, 0) is 0 Å². The maximum atomic E-state index is 10.5. The number of carbonyl (C=O) groups is 1. The molecule has 1 aromatic heterocycles. The van der Waals surface area contributed by atoms with Gasteiger partial charge in [-0.3, -0.25) is 4.79 Å². The predicted octanol–water partition coefficient (Wildman–Crippen LogP) is -0.602. The van der Waals surface area contributed by atoms with Gasteiger partial charge < -0.3 is 16.8 Å². The quantitative estimate of drug-likeness (QED) is 0.577. The average Bonchev–Trinajstić information content (AvgIpc) is 2.17. The first-order chi connectivity index (χ1) is 7.11. The molecule has 80 valence electrons. The van der Waals surface area contributed by atoms with Crippen molar-refractivity contribution in [3.05, 3.63) is 18.1 Å². The summed E-state index contributed by atoms with van der Waals surface area (Å²) >= 11 is 4.80. The van der Waals surface area contributed by atoms with E-state index in [1.165, 1.54) is 12.4 Å². The summed E-state index contributed by atoms with van der Waals surface area (Å²) in [4.78, 5) is 18.6. The highest BCUT2D eigenvalue weighted by Crippen LogP contribution is 2.07. The van der Waals surface area contributed by atoms with Crippen LogP contribution in [0.15, 0.2) is 12.4 Å². The molecule has 1 heterocycles. The van der Waals surface area contributed by atoms with Crippen molar-refractivity contribution in [1.29, 1.82) is 0 Å². The normalized spacial score (nSPS) is 9.60. The van der Waals surface area contributed by atoms with Crippen molar-refractivity contribution in [2.45, 2.75) is 6.42 Å². The van der Waals surface area contributed by atoms with Gasteiger partial charge in [-0.15, -0.1) is 0 Å². The summed E-state index contributed by atoms with van der Waals surface area (Å²) in [6.07, 6.45) is 3.22. The van der Waals surface area contributed by atoms with Crippen molar-refractivity contribution in [2.75, 3.05) is 11.9 Å². The molecule has 1 rings (SSSR count). The molecule has 6 nitrogen and oxygen atoms in total. The third-order valence-electron chi connectivity index (χ3n) is 1.60. The molecule has 15 heavy (non-hydrogen) atoms. The number of nitrogens with zero attached hydrogens (tertiary/aromatic N) is 2. The van der Waals surface area contributed by atoms with Gasteiger partial charge in [-0.2, -0.15) is 0 Å². The van der Waals surface area contributed by atoms with Crippen LogP contribution in [0.3, 0.4) is 0 Å². The fourth-order valence-electron chi connectivity index (χ4n) is 0.952. The Hall–Kier alpha value is -1.76. The lowest BCUT2D eigenvalue weighted by molar-refractivity contribution is -0.117. The van der Waals surface area contributed by atoms with E-state index in [1.807, 2.05) is 0 Å². The lowest BCUT2D eigenvalue weighted by Crippen LogP contribution is -2.19. The molecule has 0 bridgehead atoms. The number of aromatic nitrogens is 2. The Bertz CT molecular complexity index is 381. The van der Waals surface area contributed by atoms with Crippen LogP contribution in [0.1, 0.15) is 12.1 Å². The molecule has 1 amide bonds. The first kappa shape index (κ1) is 11.3. The van der Waals surface area contributed by atoms with Crippen LogP contribution in [-0.2, 0) is 4.79 Å². The van der Waals surface area contributed by atoms with Gasteiger partial charge in [0.25, 0.3) is 0 Å². The van der Waals surface area contributed by atoms with Gasteiger partial charge in [-0.25, -0.2) is 9.97 Å². The molecule has 5 N–H and O–H groups in total. The summed E-state index contributed by atoms with van der Waals surface area (Å²) in [7, 11) is 0. The van der Waals surface area contributed by atoms with E-state index < -0.39 is 0 Å². The molecular formula is C8H11N5OS. The zero-order chi connectivity index (χ0) is 11.3. The Labute approximate surface area is 92.1 Å². The number of nitrogens with two attached hydrogens (primary N) is 2. The summed E-state index contributed by atoms with van der Waals surface area (Å²) < 4.78 is 0. The first-order valence-corrected chi connectivity index (χ1v) is 4.65. The fraction of sp³-hybridized carbons (Fsp3) is 0.250. The van der Waals surface area contributed by atoms with Crippen molar-refractivity contribution in [3.63, 3.8) is 0 Å². The zero-order valence-electron chi connectivity index (χ0n) is 7.93. The first-order valence-electron chi connectivity index (χ1n) is 4.24. The number of rotatable bonds is 5. The maximum Gasteiger partial charge on any atom is 0.219 e. The third-order valence-corrected chi connectivity index (χ3v) is 1.79. The van der Waals surface area contributed by atoms with E-state index in [4.69, 9.17) is 23.7 Å². The van der Waals surface area contributed by atoms with Crippen LogP contribution in [0, 0.1) is 0 Å². The molecular weight excluding hydrogens is 214 g/mol. The van der Waals surface area contributed by atoms with Crippen LogP contribution in [0.5, 0.6) is 0 Å².